The number of carbonyl (C=O) groups is 5. The number of likely N-dealkylation sites (tertiary alicyclic amines) is 1. The molecule has 2 saturated heterocycles. The van der Waals surface area contributed by atoms with Gasteiger partial charge in [0.25, 0.3) is 16.1 Å². The van der Waals surface area contributed by atoms with Crippen molar-refractivity contribution in [3.8, 4) is 0 Å². The van der Waals surface area contributed by atoms with Gasteiger partial charge in [0.2, 0.25) is 17.6 Å². The van der Waals surface area contributed by atoms with E-state index in [1.807, 2.05) is 62.3 Å². The first kappa shape index (κ1) is 42.1. The standard InChI is InChI=1S/C34H61N7O7S/c1-12-15-24(27(42)30(44)35-17-13-2)36-29(43)26-23(22(3)4)16-20-41(26)31(45)28(34(8,9)10)38-32(46)37-25(33(5,6)7)21-39(11)49(47,48)40-18-14-19-40/h13,22-26,28H,2,12,14-21H2,1,3-11H3,(H,35,44)(H,36,43)(H2,37,38,46)/t23?,24?,25-,26+,28-/m1/s1. The minimum Gasteiger partial charge on any atom is -0.346 e. The molecule has 2 unspecified atom stereocenters. The molecule has 0 aromatic carbocycles. The quantitative estimate of drug-likeness (QED) is 0.140. The van der Waals surface area contributed by atoms with E-state index in [0.29, 0.717) is 25.9 Å². The maximum Gasteiger partial charge on any atom is 0.315 e. The van der Waals surface area contributed by atoms with Crippen molar-refractivity contribution in [2.45, 2.75) is 112 Å². The van der Waals surface area contributed by atoms with Crippen LogP contribution in [0.3, 0.4) is 0 Å². The number of hydrogen-bond acceptors (Lipinski definition) is 7. The molecule has 0 radical (unpaired) electrons. The smallest absolute Gasteiger partial charge is 0.315 e. The highest BCUT2D eigenvalue weighted by Gasteiger charge is 2.48. The molecule has 0 spiro atoms. The summed E-state index contributed by atoms with van der Waals surface area (Å²) in [4.78, 5) is 68.8. The van der Waals surface area contributed by atoms with E-state index >= 15 is 0 Å². The van der Waals surface area contributed by atoms with Crippen LogP contribution in [-0.2, 0) is 29.4 Å². The third-order valence-corrected chi connectivity index (χ3v) is 11.4. The maximum absolute atomic E-state index is 14.4. The van der Waals surface area contributed by atoms with E-state index in [4.69, 9.17) is 0 Å². The van der Waals surface area contributed by atoms with Gasteiger partial charge in [0.15, 0.2) is 0 Å². The molecule has 0 aromatic rings. The highest BCUT2D eigenvalue weighted by Crippen LogP contribution is 2.33. The molecule has 49 heavy (non-hydrogen) atoms. The zero-order chi connectivity index (χ0) is 37.5. The normalized spacial score (nSPS) is 20.6. The lowest BCUT2D eigenvalue weighted by Gasteiger charge is -2.39. The number of urea groups is 1. The van der Waals surface area contributed by atoms with Crippen molar-refractivity contribution in [1.29, 1.82) is 0 Å². The fourth-order valence-corrected chi connectivity index (χ4v) is 7.52. The van der Waals surface area contributed by atoms with Gasteiger partial charge in [-0.15, -0.1) is 6.58 Å². The van der Waals surface area contributed by atoms with Crippen molar-refractivity contribution >= 4 is 39.7 Å². The van der Waals surface area contributed by atoms with E-state index in [9.17, 15) is 32.4 Å². The molecule has 5 amide bonds. The van der Waals surface area contributed by atoms with Crippen molar-refractivity contribution < 1.29 is 32.4 Å². The molecule has 2 aliphatic heterocycles. The third kappa shape index (κ3) is 11.0. The van der Waals surface area contributed by atoms with Crippen LogP contribution in [0, 0.1) is 22.7 Å². The molecule has 14 nitrogen and oxygen atoms in total. The second-order valence-electron chi connectivity index (χ2n) is 15.8. The highest BCUT2D eigenvalue weighted by atomic mass is 32.2. The molecule has 280 valence electrons. The molecule has 4 N–H and O–H groups in total. The lowest BCUT2D eigenvalue weighted by Crippen LogP contribution is -2.62. The Morgan fingerprint density at radius 2 is 1.57 bits per heavy atom. The van der Waals surface area contributed by atoms with Gasteiger partial charge in [0, 0.05) is 45.8 Å². The van der Waals surface area contributed by atoms with Crippen LogP contribution < -0.4 is 21.3 Å². The first-order chi connectivity index (χ1) is 22.6. The summed E-state index contributed by atoms with van der Waals surface area (Å²) >= 11 is 0. The molecular weight excluding hydrogens is 650 g/mol. The lowest BCUT2D eigenvalue weighted by molar-refractivity contribution is -0.144. The first-order valence-corrected chi connectivity index (χ1v) is 18.8. The van der Waals surface area contributed by atoms with Gasteiger partial charge in [-0.2, -0.15) is 17.0 Å². The van der Waals surface area contributed by atoms with Crippen LogP contribution in [0.1, 0.15) is 88.0 Å². The number of carbonyl (C=O) groups excluding carboxylic acids is 5. The summed E-state index contributed by atoms with van der Waals surface area (Å²) in [6, 6.07) is -4.27. The average molecular weight is 712 g/mol. The SMILES string of the molecule is C=CCNC(=O)C(=O)C(CCC)NC(=O)[C@@H]1C(C(C)C)CCN1C(=O)[C@@H](NC(=O)N[C@H](CN(C)S(=O)(=O)N1CCC1)C(C)(C)C)C(C)(C)C. The number of Topliss-reactive ketones (excluding diaryl/α,β-unsaturated/α-hetero) is 1. The second-order valence-corrected chi connectivity index (χ2v) is 17.8. The molecule has 5 atom stereocenters. The third-order valence-electron chi connectivity index (χ3n) is 9.41. The lowest BCUT2D eigenvalue weighted by atomic mass is 9.84. The number of nitrogens with one attached hydrogen (secondary N) is 4. The molecule has 0 aromatic heterocycles. The van der Waals surface area contributed by atoms with Crippen LogP contribution in [0.5, 0.6) is 0 Å². The van der Waals surface area contributed by atoms with E-state index in [1.165, 1.54) is 26.6 Å². The summed E-state index contributed by atoms with van der Waals surface area (Å²) in [5.74, 6) is -2.76. The molecule has 0 bridgehead atoms. The predicted molar refractivity (Wildman–Crippen MR) is 189 cm³/mol. The van der Waals surface area contributed by atoms with Gasteiger partial charge in [-0.05, 0) is 41.9 Å². The zero-order valence-corrected chi connectivity index (χ0v) is 32.0. The number of hydrogen-bond donors (Lipinski definition) is 4. The van der Waals surface area contributed by atoms with Gasteiger partial charge < -0.3 is 26.2 Å². The Hall–Kier alpha value is -3.04. The summed E-state index contributed by atoms with van der Waals surface area (Å²) in [6.45, 7) is 21.8. The van der Waals surface area contributed by atoms with Crippen molar-refractivity contribution in [3.63, 3.8) is 0 Å². The zero-order valence-electron chi connectivity index (χ0n) is 31.2. The largest absolute Gasteiger partial charge is 0.346 e. The molecule has 0 aliphatic carbocycles. The van der Waals surface area contributed by atoms with E-state index in [1.54, 1.807) is 0 Å². The molecule has 15 heteroatoms. The van der Waals surface area contributed by atoms with Gasteiger partial charge in [-0.25, -0.2) is 4.79 Å². The van der Waals surface area contributed by atoms with Gasteiger partial charge in [0.1, 0.15) is 12.1 Å². The number of ketones is 1. The van der Waals surface area contributed by atoms with Gasteiger partial charge in [0.05, 0.1) is 6.04 Å². The minimum absolute atomic E-state index is 0.0196. The van der Waals surface area contributed by atoms with Crippen LogP contribution in [-0.4, -0.2) is 115 Å². The monoisotopic (exact) mass is 711 g/mol. The molecule has 2 heterocycles. The molecule has 2 rings (SSSR count). The Balaban J connectivity index is 2.32. The molecule has 0 saturated carbocycles. The van der Waals surface area contributed by atoms with Crippen LogP contribution >= 0.6 is 0 Å². The minimum atomic E-state index is -3.67. The molecule has 2 aliphatic rings. The average Bonchev–Trinajstić information content (AvgIpc) is 3.41. The summed E-state index contributed by atoms with van der Waals surface area (Å²) in [5, 5.41) is 11.0. The van der Waals surface area contributed by atoms with Crippen LogP contribution in [0.2, 0.25) is 0 Å². The number of likely N-dealkylation sites (N-methyl/N-ethyl adjacent to an activating group) is 1. The van der Waals surface area contributed by atoms with Crippen LogP contribution in [0.15, 0.2) is 12.7 Å². The van der Waals surface area contributed by atoms with E-state index in [-0.39, 0.29) is 37.9 Å². The summed E-state index contributed by atoms with van der Waals surface area (Å²) in [5.41, 5.74) is -1.31. The Morgan fingerprint density at radius 1 is 0.959 bits per heavy atom. The Kier molecular flexibility index (Phi) is 14.8. The predicted octanol–water partition coefficient (Wildman–Crippen LogP) is 2.03. The van der Waals surface area contributed by atoms with E-state index in [2.05, 4.69) is 27.8 Å². The van der Waals surface area contributed by atoms with Crippen LogP contribution in [0.25, 0.3) is 0 Å². The molecular formula is C34H61N7O7S. The number of rotatable bonds is 16. The Morgan fingerprint density at radius 3 is 2.04 bits per heavy atom. The summed E-state index contributed by atoms with van der Waals surface area (Å²) in [7, 11) is -2.18. The number of nitrogens with zero attached hydrogens (tertiary/aromatic N) is 3. The van der Waals surface area contributed by atoms with Gasteiger partial charge in [-0.3, -0.25) is 19.2 Å². The highest BCUT2D eigenvalue weighted by molar-refractivity contribution is 7.86. The molecule has 2 fully saturated rings. The van der Waals surface area contributed by atoms with Crippen molar-refractivity contribution in [2.24, 2.45) is 22.7 Å². The van der Waals surface area contributed by atoms with E-state index in [0.717, 1.165) is 6.42 Å². The summed E-state index contributed by atoms with van der Waals surface area (Å²) < 4.78 is 28.6. The topological polar surface area (TPSA) is 177 Å². The number of amides is 5. The Bertz CT molecular complexity index is 1320. The fraction of sp³-hybridized carbons (Fsp3) is 0.794. The maximum atomic E-state index is 14.4. The fourth-order valence-electron chi connectivity index (χ4n) is 6.07. The first-order valence-electron chi connectivity index (χ1n) is 17.4. The van der Waals surface area contributed by atoms with Crippen molar-refractivity contribution in [2.75, 3.05) is 39.8 Å². The van der Waals surface area contributed by atoms with Crippen molar-refractivity contribution in [1.82, 2.24) is 34.8 Å². The second kappa shape index (κ2) is 17.3. The van der Waals surface area contributed by atoms with Gasteiger partial charge in [-0.1, -0.05) is 74.8 Å². The van der Waals surface area contributed by atoms with Crippen molar-refractivity contribution in [3.05, 3.63) is 12.7 Å². The van der Waals surface area contributed by atoms with Gasteiger partial charge >= 0.3 is 6.03 Å². The van der Waals surface area contributed by atoms with Crippen LogP contribution in [0.4, 0.5) is 4.79 Å². The Labute approximate surface area is 293 Å². The van der Waals surface area contributed by atoms with E-state index < -0.39 is 74.7 Å². The summed E-state index contributed by atoms with van der Waals surface area (Å²) in [6.07, 6.45) is 3.58.